The molecule has 0 aliphatic heterocycles. The molecule has 3 nitrogen and oxygen atoms in total. The van der Waals surface area contributed by atoms with Crippen LogP contribution < -0.4 is 10.1 Å². The van der Waals surface area contributed by atoms with E-state index >= 15 is 0 Å². The van der Waals surface area contributed by atoms with Gasteiger partial charge in [0, 0.05) is 0 Å². The maximum Gasteiger partial charge on any atom is 0.261 e. The van der Waals surface area contributed by atoms with E-state index in [1.807, 2.05) is 12.1 Å². The Bertz CT molecular complexity index is 750. The van der Waals surface area contributed by atoms with Crippen LogP contribution >= 0.6 is 15.9 Å². The van der Waals surface area contributed by atoms with Gasteiger partial charge in [0.15, 0.2) is 6.10 Å². The molecular formula is C19H19BrFNO2. The Morgan fingerprint density at radius 2 is 2.12 bits per heavy atom. The van der Waals surface area contributed by atoms with E-state index in [1.54, 1.807) is 6.92 Å². The number of carbonyl (C=O) groups excluding carboxylic acids is 1. The van der Waals surface area contributed by atoms with E-state index in [4.69, 9.17) is 4.74 Å². The Morgan fingerprint density at radius 1 is 1.33 bits per heavy atom. The first-order valence-corrected chi connectivity index (χ1v) is 8.84. The lowest BCUT2D eigenvalue weighted by molar-refractivity contribution is -0.128. The lowest BCUT2D eigenvalue weighted by atomic mass is 9.87. The van der Waals surface area contributed by atoms with Crippen molar-refractivity contribution in [3.05, 3.63) is 63.9 Å². The molecule has 0 fully saturated rings. The molecule has 0 aromatic heterocycles. The molecule has 126 valence electrons. The van der Waals surface area contributed by atoms with Crippen molar-refractivity contribution in [3.8, 4) is 5.75 Å². The molecule has 0 heterocycles. The van der Waals surface area contributed by atoms with Gasteiger partial charge in [0.05, 0.1) is 10.5 Å². The van der Waals surface area contributed by atoms with Crippen molar-refractivity contribution >= 4 is 21.8 Å². The highest BCUT2D eigenvalue weighted by atomic mass is 79.9. The van der Waals surface area contributed by atoms with Crippen molar-refractivity contribution < 1.29 is 13.9 Å². The highest BCUT2D eigenvalue weighted by Crippen LogP contribution is 2.30. The minimum Gasteiger partial charge on any atom is -0.480 e. The average Bonchev–Trinajstić information content (AvgIpc) is 2.57. The fourth-order valence-corrected chi connectivity index (χ4v) is 3.45. The van der Waals surface area contributed by atoms with E-state index in [1.165, 1.54) is 29.3 Å². The molecule has 0 bridgehead atoms. The number of amides is 1. The zero-order valence-corrected chi connectivity index (χ0v) is 15.0. The van der Waals surface area contributed by atoms with Crippen LogP contribution in [0.1, 0.15) is 36.9 Å². The normalized spacial score (nSPS) is 17.7. The van der Waals surface area contributed by atoms with Gasteiger partial charge in [-0.15, -0.1) is 0 Å². The van der Waals surface area contributed by atoms with Gasteiger partial charge in [-0.1, -0.05) is 24.3 Å². The Hall–Kier alpha value is -1.88. The van der Waals surface area contributed by atoms with E-state index in [-0.39, 0.29) is 17.8 Å². The van der Waals surface area contributed by atoms with Crippen LogP contribution in [-0.4, -0.2) is 12.0 Å². The molecule has 1 aliphatic carbocycles. The van der Waals surface area contributed by atoms with E-state index in [9.17, 15) is 9.18 Å². The summed E-state index contributed by atoms with van der Waals surface area (Å²) < 4.78 is 19.3. The Labute approximate surface area is 149 Å². The van der Waals surface area contributed by atoms with Crippen LogP contribution in [0.15, 0.2) is 46.9 Å². The zero-order valence-electron chi connectivity index (χ0n) is 13.4. The number of aryl methyl sites for hydroxylation is 1. The van der Waals surface area contributed by atoms with Crippen LogP contribution in [0, 0.1) is 5.82 Å². The molecule has 2 aromatic carbocycles. The monoisotopic (exact) mass is 391 g/mol. The molecule has 1 N–H and O–H groups in total. The second kappa shape index (κ2) is 7.34. The second-order valence-corrected chi connectivity index (χ2v) is 6.84. The predicted octanol–water partition coefficient (Wildman–Crippen LogP) is 4.55. The van der Waals surface area contributed by atoms with Gasteiger partial charge >= 0.3 is 0 Å². The van der Waals surface area contributed by atoms with E-state index < -0.39 is 6.10 Å². The summed E-state index contributed by atoms with van der Waals surface area (Å²) in [5, 5.41) is 3.07. The predicted molar refractivity (Wildman–Crippen MR) is 94.5 cm³/mol. The first-order valence-electron chi connectivity index (χ1n) is 8.04. The molecular weight excluding hydrogens is 373 g/mol. The van der Waals surface area contributed by atoms with Crippen LogP contribution in [0.3, 0.4) is 0 Å². The maximum atomic E-state index is 13.1. The number of nitrogens with one attached hydrogen (secondary N) is 1. The van der Waals surface area contributed by atoms with Gasteiger partial charge in [-0.05, 0) is 71.4 Å². The Morgan fingerprint density at radius 3 is 2.92 bits per heavy atom. The third-order valence-corrected chi connectivity index (χ3v) is 4.87. The number of halogens is 2. The smallest absolute Gasteiger partial charge is 0.261 e. The molecule has 0 radical (unpaired) electrons. The molecule has 5 heteroatoms. The minimum absolute atomic E-state index is 0.0187. The number of rotatable bonds is 4. The van der Waals surface area contributed by atoms with Gasteiger partial charge < -0.3 is 10.1 Å². The summed E-state index contributed by atoms with van der Waals surface area (Å²) in [7, 11) is 0. The first kappa shape index (κ1) is 17.0. The Balaban J connectivity index is 1.67. The molecule has 2 aromatic rings. The van der Waals surface area contributed by atoms with E-state index in [2.05, 4.69) is 33.4 Å². The lowest BCUT2D eigenvalue weighted by Gasteiger charge is -2.27. The molecule has 2 atom stereocenters. The van der Waals surface area contributed by atoms with Crippen molar-refractivity contribution in [1.82, 2.24) is 5.32 Å². The van der Waals surface area contributed by atoms with Gasteiger partial charge in [-0.25, -0.2) is 4.39 Å². The van der Waals surface area contributed by atoms with Crippen molar-refractivity contribution in [3.63, 3.8) is 0 Å². The average molecular weight is 392 g/mol. The highest BCUT2D eigenvalue weighted by molar-refractivity contribution is 9.10. The van der Waals surface area contributed by atoms with Gasteiger partial charge in [0.2, 0.25) is 0 Å². The van der Waals surface area contributed by atoms with Crippen molar-refractivity contribution in [2.75, 3.05) is 0 Å². The fourth-order valence-electron chi connectivity index (χ4n) is 3.01. The largest absolute Gasteiger partial charge is 0.480 e. The summed E-state index contributed by atoms with van der Waals surface area (Å²) >= 11 is 3.25. The lowest BCUT2D eigenvalue weighted by Crippen LogP contribution is -2.39. The summed E-state index contributed by atoms with van der Waals surface area (Å²) in [6, 6.07) is 12.4. The maximum absolute atomic E-state index is 13.1. The molecule has 24 heavy (non-hydrogen) atoms. The molecule has 0 saturated heterocycles. The summed E-state index contributed by atoms with van der Waals surface area (Å²) in [6.45, 7) is 1.69. The van der Waals surface area contributed by atoms with Crippen molar-refractivity contribution in [1.29, 1.82) is 0 Å². The SMILES string of the molecule is CC(Oc1ccc(F)cc1Br)C(=O)NC1CCCc2ccccc21. The molecule has 1 amide bonds. The van der Waals surface area contributed by atoms with Crippen LogP contribution in [-0.2, 0) is 11.2 Å². The van der Waals surface area contributed by atoms with E-state index in [0.717, 1.165) is 19.3 Å². The number of carbonyl (C=O) groups is 1. The van der Waals surface area contributed by atoms with Gasteiger partial charge in [-0.3, -0.25) is 4.79 Å². The number of fused-ring (bicyclic) bond motifs is 1. The minimum atomic E-state index is -0.666. The summed E-state index contributed by atoms with van der Waals surface area (Å²) in [4.78, 5) is 12.5. The number of ether oxygens (including phenoxy) is 1. The summed E-state index contributed by atoms with van der Waals surface area (Å²) in [6.07, 6.45) is 2.37. The van der Waals surface area contributed by atoms with E-state index in [0.29, 0.717) is 10.2 Å². The summed E-state index contributed by atoms with van der Waals surface area (Å²) in [5.74, 6) is -0.0823. The topological polar surface area (TPSA) is 38.3 Å². The third kappa shape index (κ3) is 3.78. The highest BCUT2D eigenvalue weighted by Gasteiger charge is 2.24. The fraction of sp³-hybridized carbons (Fsp3) is 0.316. The number of hydrogen-bond donors (Lipinski definition) is 1. The third-order valence-electron chi connectivity index (χ3n) is 4.25. The van der Waals surface area contributed by atoms with Crippen LogP contribution in [0.25, 0.3) is 0 Å². The van der Waals surface area contributed by atoms with Crippen LogP contribution in [0.2, 0.25) is 0 Å². The molecule has 1 aliphatic rings. The van der Waals surface area contributed by atoms with Gasteiger partial charge in [0.25, 0.3) is 5.91 Å². The molecule has 0 saturated carbocycles. The van der Waals surface area contributed by atoms with Gasteiger partial charge in [-0.2, -0.15) is 0 Å². The van der Waals surface area contributed by atoms with Crippen molar-refractivity contribution in [2.45, 2.75) is 38.3 Å². The first-order chi connectivity index (χ1) is 11.5. The van der Waals surface area contributed by atoms with Crippen LogP contribution in [0.4, 0.5) is 4.39 Å². The standard InChI is InChI=1S/C19H19BrFNO2/c1-12(24-18-10-9-14(21)11-16(18)20)19(23)22-17-8-4-6-13-5-2-3-7-15(13)17/h2-3,5,7,9-12,17H,4,6,8H2,1H3,(H,22,23). The molecule has 2 unspecified atom stereocenters. The molecule has 0 spiro atoms. The number of hydrogen-bond acceptors (Lipinski definition) is 2. The quantitative estimate of drug-likeness (QED) is 0.829. The van der Waals surface area contributed by atoms with Crippen molar-refractivity contribution in [2.24, 2.45) is 0 Å². The summed E-state index contributed by atoms with van der Waals surface area (Å²) in [5.41, 5.74) is 2.48. The van der Waals surface area contributed by atoms with Gasteiger partial charge in [0.1, 0.15) is 11.6 Å². The number of benzene rings is 2. The molecule has 3 rings (SSSR count). The Kier molecular flexibility index (Phi) is 5.19. The zero-order chi connectivity index (χ0) is 17.1. The van der Waals surface area contributed by atoms with Crippen LogP contribution in [0.5, 0.6) is 5.75 Å². The second-order valence-electron chi connectivity index (χ2n) is 5.99.